The minimum absolute atomic E-state index is 0.00658. The normalized spacial score (nSPS) is 20.1. The van der Waals surface area contributed by atoms with Crippen LogP contribution >= 0.6 is 0 Å². The number of urea groups is 1. The summed E-state index contributed by atoms with van der Waals surface area (Å²) in [5, 5.41) is 7.09. The summed E-state index contributed by atoms with van der Waals surface area (Å²) in [4.78, 5) is 37.9. The number of amides is 2. The number of methoxy groups -OCH3 is 2. The maximum Gasteiger partial charge on any atom is 0.330 e. The van der Waals surface area contributed by atoms with Crippen molar-refractivity contribution in [1.29, 1.82) is 0 Å². The maximum atomic E-state index is 13.5. The third-order valence-electron chi connectivity index (χ3n) is 8.16. The van der Waals surface area contributed by atoms with Crippen LogP contribution in [0.4, 0.5) is 22.2 Å². The molecule has 3 unspecified atom stereocenters. The van der Waals surface area contributed by atoms with E-state index >= 15 is 0 Å². The third kappa shape index (κ3) is 6.23. The van der Waals surface area contributed by atoms with Gasteiger partial charge in [-0.25, -0.2) is 9.78 Å². The summed E-state index contributed by atoms with van der Waals surface area (Å²) in [6, 6.07) is 15.8. The minimum atomic E-state index is -0.216. The Labute approximate surface area is 246 Å². The Kier molecular flexibility index (Phi) is 8.72. The molecule has 2 amide bonds. The number of ketones is 1. The molecule has 10 heteroatoms. The molecule has 0 saturated heterocycles. The molecule has 3 aromatic rings. The lowest BCUT2D eigenvalue weighted by Crippen LogP contribution is -2.49. The highest BCUT2D eigenvalue weighted by Crippen LogP contribution is 2.36. The Hall–Kier alpha value is -4.44. The smallest absolute Gasteiger partial charge is 0.330 e. The van der Waals surface area contributed by atoms with E-state index in [1.807, 2.05) is 6.07 Å². The molecular weight excluding hydrogens is 532 g/mol. The van der Waals surface area contributed by atoms with E-state index in [4.69, 9.17) is 14.5 Å². The van der Waals surface area contributed by atoms with Crippen molar-refractivity contribution >= 4 is 29.3 Å². The highest BCUT2D eigenvalue weighted by atomic mass is 16.5. The van der Waals surface area contributed by atoms with E-state index in [1.165, 1.54) is 17.4 Å². The van der Waals surface area contributed by atoms with Gasteiger partial charge >= 0.3 is 6.03 Å². The molecule has 42 heavy (non-hydrogen) atoms. The number of rotatable bonds is 10. The van der Waals surface area contributed by atoms with E-state index in [0.29, 0.717) is 53.5 Å². The average molecular weight is 571 g/mol. The van der Waals surface area contributed by atoms with Gasteiger partial charge in [-0.05, 0) is 37.7 Å². The summed E-state index contributed by atoms with van der Waals surface area (Å²) in [5.74, 6) is 2.58. The van der Waals surface area contributed by atoms with Crippen molar-refractivity contribution in [2.45, 2.75) is 50.7 Å². The fourth-order valence-electron chi connectivity index (χ4n) is 5.68. The van der Waals surface area contributed by atoms with Crippen LogP contribution in [0.1, 0.15) is 43.2 Å². The van der Waals surface area contributed by atoms with Crippen molar-refractivity contribution in [2.24, 2.45) is 0 Å². The Morgan fingerprint density at radius 2 is 1.79 bits per heavy atom. The molecule has 2 aromatic carbocycles. The topological polar surface area (TPSA) is 109 Å². The molecule has 220 valence electrons. The number of nitrogens with zero attached hydrogens (tertiary/aromatic N) is 4. The van der Waals surface area contributed by atoms with Crippen LogP contribution in [0.3, 0.4) is 0 Å². The lowest BCUT2D eigenvalue weighted by Gasteiger charge is -2.38. The minimum Gasteiger partial charge on any atom is -0.497 e. The van der Waals surface area contributed by atoms with Crippen LogP contribution in [0.5, 0.6) is 11.5 Å². The Morgan fingerprint density at radius 3 is 2.45 bits per heavy atom. The lowest BCUT2D eigenvalue weighted by atomic mass is 9.78. The summed E-state index contributed by atoms with van der Waals surface area (Å²) in [6.07, 6.45) is 4.59. The van der Waals surface area contributed by atoms with Gasteiger partial charge in [-0.15, -0.1) is 0 Å². The molecule has 1 fully saturated rings. The monoisotopic (exact) mass is 570 g/mol. The summed E-state index contributed by atoms with van der Waals surface area (Å²) >= 11 is 0. The predicted molar refractivity (Wildman–Crippen MR) is 164 cm³/mol. The van der Waals surface area contributed by atoms with Crippen LogP contribution in [0.2, 0.25) is 0 Å². The largest absolute Gasteiger partial charge is 0.497 e. The van der Waals surface area contributed by atoms with Crippen LogP contribution < -0.4 is 29.9 Å². The number of Topliss-reactive ketones (excluding diaryl/α,β-unsaturated/α-hetero) is 1. The number of hydrogen-bond acceptors (Lipinski definition) is 8. The molecule has 1 saturated carbocycles. The van der Waals surface area contributed by atoms with E-state index in [2.05, 4.69) is 46.5 Å². The first kappa shape index (κ1) is 29.1. The number of ether oxygens (including phenoxy) is 2. The molecule has 0 bridgehead atoms. The van der Waals surface area contributed by atoms with Crippen molar-refractivity contribution < 1.29 is 19.1 Å². The Balaban J connectivity index is 1.37. The molecule has 5 rings (SSSR count). The van der Waals surface area contributed by atoms with Gasteiger partial charge in [0.15, 0.2) is 5.78 Å². The van der Waals surface area contributed by atoms with Gasteiger partial charge in [-0.2, -0.15) is 4.98 Å². The van der Waals surface area contributed by atoms with Crippen molar-refractivity contribution in [3.05, 3.63) is 78.0 Å². The molecule has 0 radical (unpaired) electrons. The molecule has 10 nitrogen and oxygen atoms in total. The second-order valence-corrected chi connectivity index (χ2v) is 10.9. The zero-order chi connectivity index (χ0) is 29.8. The summed E-state index contributed by atoms with van der Waals surface area (Å²) in [6.45, 7) is 6.19. The van der Waals surface area contributed by atoms with Crippen LogP contribution in [0.15, 0.2) is 66.9 Å². The van der Waals surface area contributed by atoms with Crippen molar-refractivity contribution in [2.75, 3.05) is 42.9 Å². The standard InChI is InChI=1S/C32H38N6O4/c1-20(21(2)39)17-33-28-12-11-23(22-9-7-6-8-10-22)13-29(28)35-31-34-18-24-19-38(32(40)37(3)30(24)36-31)25-14-26(41-4)16-27(15-25)42-5/h6-10,14-16,18,23,28-29,33H,1,11-13,17,19H2,2-5H3,(H,34,35,36). The van der Waals surface area contributed by atoms with Crippen molar-refractivity contribution in [3.63, 3.8) is 0 Å². The van der Waals surface area contributed by atoms with Gasteiger partial charge in [0.1, 0.15) is 17.3 Å². The zero-order valence-corrected chi connectivity index (χ0v) is 24.6. The molecule has 2 heterocycles. The highest BCUT2D eigenvalue weighted by Gasteiger charge is 2.34. The molecular formula is C32H38N6O4. The maximum absolute atomic E-state index is 13.5. The van der Waals surface area contributed by atoms with Crippen LogP contribution in [0, 0.1) is 0 Å². The highest BCUT2D eigenvalue weighted by molar-refractivity contribution is 6.05. The zero-order valence-electron chi connectivity index (χ0n) is 24.6. The molecule has 0 spiro atoms. The van der Waals surface area contributed by atoms with E-state index < -0.39 is 0 Å². The molecule has 3 atom stereocenters. The summed E-state index contributed by atoms with van der Waals surface area (Å²) in [5.41, 5.74) is 3.35. The lowest BCUT2D eigenvalue weighted by molar-refractivity contribution is -0.113. The van der Waals surface area contributed by atoms with E-state index in [-0.39, 0.29) is 23.9 Å². The quantitative estimate of drug-likeness (QED) is 0.331. The van der Waals surface area contributed by atoms with E-state index in [1.54, 1.807) is 50.6 Å². The number of anilines is 3. The predicted octanol–water partition coefficient (Wildman–Crippen LogP) is 4.92. The first-order chi connectivity index (χ1) is 20.3. The fraction of sp³-hybridized carbons (Fsp3) is 0.375. The fourth-order valence-corrected chi connectivity index (χ4v) is 5.68. The van der Waals surface area contributed by atoms with E-state index in [0.717, 1.165) is 24.8 Å². The van der Waals surface area contributed by atoms with Gasteiger partial charge < -0.3 is 20.1 Å². The second-order valence-electron chi connectivity index (χ2n) is 10.9. The number of carbonyl (C=O) groups is 2. The molecule has 2 aliphatic rings. The number of nitrogens with one attached hydrogen (secondary N) is 2. The number of benzene rings is 2. The van der Waals surface area contributed by atoms with Crippen molar-refractivity contribution in [1.82, 2.24) is 15.3 Å². The van der Waals surface area contributed by atoms with Gasteiger partial charge in [0.25, 0.3) is 0 Å². The van der Waals surface area contributed by atoms with Crippen LogP contribution in [0.25, 0.3) is 0 Å². The molecule has 1 aliphatic carbocycles. The SMILES string of the molecule is C=C(CNC1CCC(c2ccccc2)CC1Nc1ncc2c(n1)N(C)C(=O)N(c1cc(OC)cc(OC)c1)C2)C(C)=O. The molecule has 2 N–H and O–H groups in total. The Bertz CT molecular complexity index is 1440. The van der Waals surface area contributed by atoms with Gasteiger partial charge in [0.2, 0.25) is 5.95 Å². The third-order valence-corrected chi connectivity index (χ3v) is 8.16. The molecule has 1 aromatic heterocycles. The van der Waals surface area contributed by atoms with Gasteiger partial charge in [0.05, 0.1) is 26.5 Å². The summed E-state index contributed by atoms with van der Waals surface area (Å²) in [7, 11) is 4.87. The second kappa shape index (κ2) is 12.6. The van der Waals surface area contributed by atoms with E-state index in [9.17, 15) is 9.59 Å². The first-order valence-corrected chi connectivity index (χ1v) is 14.1. The van der Waals surface area contributed by atoms with Crippen LogP contribution in [-0.4, -0.2) is 61.7 Å². The van der Waals surface area contributed by atoms with Gasteiger partial charge in [-0.1, -0.05) is 36.9 Å². The number of hydrogen-bond donors (Lipinski definition) is 2. The molecule has 1 aliphatic heterocycles. The number of aromatic nitrogens is 2. The first-order valence-electron chi connectivity index (χ1n) is 14.1. The number of carbonyl (C=O) groups excluding carboxylic acids is 2. The number of fused-ring (bicyclic) bond motifs is 1. The average Bonchev–Trinajstić information content (AvgIpc) is 3.02. The Morgan fingerprint density at radius 1 is 1.07 bits per heavy atom. The van der Waals surface area contributed by atoms with Crippen molar-refractivity contribution in [3.8, 4) is 11.5 Å². The van der Waals surface area contributed by atoms with Gasteiger partial charge in [-0.3, -0.25) is 14.6 Å². The summed E-state index contributed by atoms with van der Waals surface area (Å²) < 4.78 is 10.8. The van der Waals surface area contributed by atoms with Crippen LogP contribution in [-0.2, 0) is 11.3 Å². The van der Waals surface area contributed by atoms with Gasteiger partial charge in [0, 0.05) is 61.2 Å².